The fraction of sp³-hybridized carbons (Fsp3) is 0.0667. The molecule has 1 heterocycles. The van der Waals surface area contributed by atoms with E-state index in [1.54, 1.807) is 42.1 Å². The molecule has 0 atom stereocenters. The van der Waals surface area contributed by atoms with Crippen molar-refractivity contribution in [1.82, 2.24) is 15.4 Å². The second-order valence-corrected chi connectivity index (χ2v) is 5.37. The monoisotopic (exact) mass is 365 g/mol. The summed E-state index contributed by atoms with van der Waals surface area (Å²) < 4.78 is 15.7. The molecule has 0 saturated heterocycles. The van der Waals surface area contributed by atoms with Crippen molar-refractivity contribution in [1.29, 1.82) is 0 Å². The molecule has 0 fully saturated rings. The van der Waals surface area contributed by atoms with Crippen LogP contribution < -0.4 is 10.9 Å². The van der Waals surface area contributed by atoms with Gasteiger partial charge >= 0.3 is 0 Å². The average molecular weight is 366 g/mol. The normalized spacial score (nSPS) is 10.7. The van der Waals surface area contributed by atoms with Gasteiger partial charge in [-0.25, -0.2) is 4.39 Å². The number of aromatic nitrogens is 1. The van der Waals surface area contributed by atoms with Gasteiger partial charge < -0.3 is 4.57 Å². The Bertz CT molecular complexity index is 740. The zero-order chi connectivity index (χ0) is 16.1. The highest BCUT2D eigenvalue weighted by atomic mass is 79.9. The summed E-state index contributed by atoms with van der Waals surface area (Å²) in [7, 11) is 1.71. The van der Waals surface area contributed by atoms with Crippen molar-refractivity contribution in [2.45, 2.75) is 0 Å². The SMILES string of the molecule is Cn1cc(Br)cc1C(=O)NNC(=O)/C=C/c1ccccc1F. The van der Waals surface area contributed by atoms with Gasteiger partial charge in [-0.3, -0.25) is 20.4 Å². The molecule has 2 aromatic rings. The van der Waals surface area contributed by atoms with Gasteiger partial charge in [0, 0.05) is 29.4 Å². The highest BCUT2D eigenvalue weighted by Crippen LogP contribution is 2.13. The molecule has 7 heteroatoms. The largest absolute Gasteiger partial charge is 0.345 e. The molecule has 22 heavy (non-hydrogen) atoms. The summed E-state index contributed by atoms with van der Waals surface area (Å²) in [5.41, 5.74) is 5.18. The van der Waals surface area contributed by atoms with Crippen LogP contribution in [0.1, 0.15) is 16.1 Å². The maximum absolute atomic E-state index is 13.4. The molecule has 0 aliphatic carbocycles. The maximum Gasteiger partial charge on any atom is 0.286 e. The van der Waals surface area contributed by atoms with Crippen LogP contribution in [0.5, 0.6) is 0 Å². The van der Waals surface area contributed by atoms with Crippen LogP contribution in [-0.4, -0.2) is 16.4 Å². The van der Waals surface area contributed by atoms with Crippen LogP contribution in [0.2, 0.25) is 0 Å². The van der Waals surface area contributed by atoms with Gasteiger partial charge in [0.15, 0.2) is 0 Å². The van der Waals surface area contributed by atoms with Gasteiger partial charge in [-0.15, -0.1) is 0 Å². The van der Waals surface area contributed by atoms with Crippen molar-refractivity contribution in [3.05, 3.63) is 64.2 Å². The Hall–Kier alpha value is -2.41. The highest BCUT2D eigenvalue weighted by Gasteiger charge is 2.11. The second kappa shape index (κ2) is 7.04. The molecule has 0 saturated carbocycles. The first-order valence-corrected chi connectivity index (χ1v) is 7.11. The molecule has 2 amide bonds. The van der Waals surface area contributed by atoms with E-state index in [2.05, 4.69) is 26.8 Å². The standard InChI is InChI=1S/C15H13BrFN3O2/c1-20-9-11(16)8-13(20)15(22)19-18-14(21)7-6-10-4-2-3-5-12(10)17/h2-9H,1H3,(H,18,21)(H,19,22)/b7-6+. The molecule has 2 rings (SSSR count). The number of nitrogens with one attached hydrogen (secondary N) is 2. The molecule has 1 aromatic heterocycles. The average Bonchev–Trinajstić information content (AvgIpc) is 2.82. The van der Waals surface area contributed by atoms with Crippen LogP contribution in [0.25, 0.3) is 6.08 Å². The number of halogens is 2. The molecule has 0 bridgehead atoms. The van der Waals surface area contributed by atoms with E-state index in [0.717, 1.165) is 10.5 Å². The van der Waals surface area contributed by atoms with Crippen LogP contribution in [0.4, 0.5) is 4.39 Å². The van der Waals surface area contributed by atoms with Gasteiger partial charge in [0.2, 0.25) is 0 Å². The third-order valence-electron chi connectivity index (χ3n) is 2.82. The summed E-state index contributed by atoms with van der Waals surface area (Å²) >= 11 is 3.25. The number of carbonyl (C=O) groups excluding carboxylic acids is 2. The first kappa shape index (κ1) is 16.0. The van der Waals surface area contributed by atoms with Crippen LogP contribution >= 0.6 is 15.9 Å². The Balaban J connectivity index is 1.92. The maximum atomic E-state index is 13.4. The van der Waals surface area contributed by atoms with E-state index < -0.39 is 17.6 Å². The molecule has 0 spiro atoms. The van der Waals surface area contributed by atoms with E-state index in [-0.39, 0.29) is 5.56 Å². The van der Waals surface area contributed by atoms with Crippen molar-refractivity contribution in [2.75, 3.05) is 0 Å². The number of hydrogen-bond donors (Lipinski definition) is 2. The topological polar surface area (TPSA) is 63.1 Å². The third-order valence-corrected chi connectivity index (χ3v) is 3.26. The van der Waals surface area contributed by atoms with E-state index in [9.17, 15) is 14.0 Å². The minimum atomic E-state index is -0.565. The van der Waals surface area contributed by atoms with E-state index in [0.29, 0.717) is 5.69 Å². The Morgan fingerprint density at radius 1 is 1.27 bits per heavy atom. The van der Waals surface area contributed by atoms with Crippen LogP contribution in [0.3, 0.4) is 0 Å². The lowest BCUT2D eigenvalue weighted by Gasteiger charge is -2.05. The number of hydrogen-bond acceptors (Lipinski definition) is 2. The first-order chi connectivity index (χ1) is 10.5. The number of nitrogens with zero attached hydrogens (tertiary/aromatic N) is 1. The molecule has 114 valence electrons. The minimum Gasteiger partial charge on any atom is -0.345 e. The zero-order valence-corrected chi connectivity index (χ0v) is 13.2. The minimum absolute atomic E-state index is 0.287. The van der Waals surface area contributed by atoms with Gasteiger partial charge in [0.1, 0.15) is 11.5 Å². The number of benzene rings is 1. The van der Waals surface area contributed by atoms with Crippen LogP contribution in [-0.2, 0) is 11.8 Å². The molecule has 1 aromatic carbocycles. The second-order valence-electron chi connectivity index (χ2n) is 4.45. The Labute approximate surface area is 134 Å². The highest BCUT2D eigenvalue weighted by molar-refractivity contribution is 9.10. The molecule has 0 unspecified atom stereocenters. The fourth-order valence-electron chi connectivity index (χ4n) is 1.75. The predicted molar refractivity (Wildman–Crippen MR) is 84.2 cm³/mol. The van der Waals surface area contributed by atoms with Gasteiger partial charge in [-0.1, -0.05) is 18.2 Å². The fourth-order valence-corrected chi connectivity index (χ4v) is 2.27. The zero-order valence-electron chi connectivity index (χ0n) is 11.6. The van der Waals surface area contributed by atoms with Crippen molar-refractivity contribution < 1.29 is 14.0 Å². The van der Waals surface area contributed by atoms with Crippen LogP contribution in [0.15, 0.2) is 47.1 Å². The van der Waals surface area contributed by atoms with Crippen molar-refractivity contribution in [3.63, 3.8) is 0 Å². The van der Waals surface area contributed by atoms with Crippen molar-refractivity contribution in [3.8, 4) is 0 Å². The smallest absolute Gasteiger partial charge is 0.286 e. The van der Waals surface area contributed by atoms with E-state index in [1.165, 1.54) is 12.1 Å². The molecule has 2 N–H and O–H groups in total. The lowest BCUT2D eigenvalue weighted by atomic mass is 10.2. The molecule has 0 radical (unpaired) electrons. The lowest BCUT2D eigenvalue weighted by Crippen LogP contribution is -2.41. The predicted octanol–water partition coefficient (Wildman–Crippen LogP) is 2.40. The summed E-state index contributed by atoms with van der Waals surface area (Å²) in [6.07, 6.45) is 4.18. The molecule has 5 nitrogen and oxygen atoms in total. The number of amides is 2. The van der Waals surface area contributed by atoms with Gasteiger partial charge in [-0.2, -0.15) is 0 Å². The summed E-state index contributed by atoms with van der Waals surface area (Å²) in [5, 5.41) is 0. The summed E-state index contributed by atoms with van der Waals surface area (Å²) in [5.74, 6) is -1.45. The summed E-state index contributed by atoms with van der Waals surface area (Å²) in [6.45, 7) is 0. The van der Waals surface area contributed by atoms with E-state index in [1.807, 2.05) is 0 Å². The summed E-state index contributed by atoms with van der Waals surface area (Å²) in [4.78, 5) is 23.5. The molecular weight excluding hydrogens is 353 g/mol. The Morgan fingerprint density at radius 3 is 2.64 bits per heavy atom. The summed E-state index contributed by atoms with van der Waals surface area (Å²) in [6, 6.07) is 7.68. The van der Waals surface area contributed by atoms with Crippen molar-refractivity contribution in [2.24, 2.45) is 7.05 Å². The lowest BCUT2D eigenvalue weighted by molar-refractivity contribution is -0.117. The van der Waals surface area contributed by atoms with Gasteiger partial charge in [0.05, 0.1) is 0 Å². The van der Waals surface area contributed by atoms with E-state index >= 15 is 0 Å². The number of hydrazine groups is 1. The molecular formula is C15H13BrFN3O2. The van der Waals surface area contributed by atoms with E-state index in [4.69, 9.17) is 0 Å². The van der Waals surface area contributed by atoms with Gasteiger partial charge in [0.25, 0.3) is 11.8 Å². The van der Waals surface area contributed by atoms with Crippen LogP contribution in [0, 0.1) is 5.82 Å². The molecule has 0 aliphatic heterocycles. The van der Waals surface area contributed by atoms with Crippen molar-refractivity contribution >= 4 is 33.8 Å². The first-order valence-electron chi connectivity index (χ1n) is 6.32. The Morgan fingerprint density at radius 2 is 2.00 bits per heavy atom. The number of rotatable bonds is 3. The third kappa shape index (κ3) is 4.05. The number of aryl methyl sites for hydroxylation is 1. The Kier molecular flexibility index (Phi) is 5.11. The molecule has 0 aliphatic rings. The quantitative estimate of drug-likeness (QED) is 0.647. The van der Waals surface area contributed by atoms with Gasteiger partial charge in [-0.05, 0) is 34.1 Å². The number of carbonyl (C=O) groups is 2.